The van der Waals surface area contributed by atoms with Gasteiger partial charge in [0.15, 0.2) is 0 Å². The zero-order valence-electron chi connectivity index (χ0n) is 23.3. The highest BCUT2D eigenvalue weighted by Gasteiger charge is 2.44. The van der Waals surface area contributed by atoms with E-state index in [1.54, 1.807) is 36.7 Å². The molecule has 0 spiro atoms. The van der Waals surface area contributed by atoms with Gasteiger partial charge < -0.3 is 15.0 Å². The highest BCUT2D eigenvalue weighted by molar-refractivity contribution is 7.90. The predicted octanol–water partition coefficient (Wildman–Crippen LogP) is 5.58. The topological polar surface area (TPSA) is 101 Å². The summed E-state index contributed by atoms with van der Waals surface area (Å²) in [6, 6.07) is 19.4. The maximum absolute atomic E-state index is 14.2. The highest BCUT2D eigenvalue weighted by atomic mass is 32.2. The Balaban J connectivity index is 1.60. The van der Waals surface area contributed by atoms with Crippen LogP contribution in [0.25, 0.3) is 22.4 Å². The normalized spacial score (nSPS) is 15.9. The molecule has 4 aromatic rings. The van der Waals surface area contributed by atoms with Crippen molar-refractivity contribution in [3.63, 3.8) is 0 Å². The standard InChI is InChI=1S/C32H33FN4O3S/c1-32(2,3)41(40)37-20-25-17-27(31(39)35-19-24-8-4-5-12-26(24)33)36-30(29(25)28(37)13-15-38)22-10-6-9-21(16-22)23-11-7-14-34-18-23/h4-12,14,16-18,28,38H,13,15,19-20H2,1-3H3,(H,35,39)/t28?,41-/m1/s1. The van der Waals surface area contributed by atoms with Crippen molar-refractivity contribution in [2.24, 2.45) is 0 Å². The number of rotatable bonds is 8. The van der Waals surface area contributed by atoms with E-state index in [1.165, 1.54) is 6.07 Å². The van der Waals surface area contributed by atoms with Crippen molar-refractivity contribution >= 4 is 17.3 Å². The third-order valence-electron chi connectivity index (χ3n) is 7.05. The molecule has 0 radical (unpaired) electrons. The van der Waals surface area contributed by atoms with Crippen LogP contribution < -0.4 is 5.32 Å². The SMILES string of the molecule is CC(C)(C)[S@@+]([O-])N1Cc2cc(C(=O)NCc3ccccc3F)nc(-c3cccc(-c4cccnc4)c3)c2C1CCO. The number of carbonyl (C=O) groups is 1. The van der Waals surface area contributed by atoms with Crippen molar-refractivity contribution in [1.29, 1.82) is 0 Å². The molecule has 1 aliphatic rings. The quantitative estimate of drug-likeness (QED) is 0.267. The van der Waals surface area contributed by atoms with Gasteiger partial charge in [-0.15, -0.1) is 4.31 Å². The fourth-order valence-electron chi connectivity index (χ4n) is 5.09. The number of benzene rings is 2. The van der Waals surface area contributed by atoms with Crippen LogP contribution in [0, 0.1) is 5.82 Å². The van der Waals surface area contributed by atoms with Gasteiger partial charge in [-0.05, 0) is 62.6 Å². The fourth-order valence-corrected chi connectivity index (χ4v) is 6.49. The molecule has 0 bridgehead atoms. The third-order valence-corrected chi connectivity index (χ3v) is 8.91. The molecular formula is C32H33FN4O3S. The maximum atomic E-state index is 14.2. The Morgan fingerprint density at radius 2 is 1.85 bits per heavy atom. The lowest BCUT2D eigenvalue weighted by atomic mass is 9.94. The van der Waals surface area contributed by atoms with Crippen molar-refractivity contribution in [1.82, 2.24) is 19.6 Å². The van der Waals surface area contributed by atoms with Crippen LogP contribution in [0.2, 0.25) is 0 Å². The number of aromatic nitrogens is 2. The van der Waals surface area contributed by atoms with Gasteiger partial charge in [0.25, 0.3) is 5.91 Å². The lowest BCUT2D eigenvalue weighted by Crippen LogP contribution is -2.42. The molecule has 2 N–H and O–H groups in total. The van der Waals surface area contributed by atoms with Gasteiger partial charge in [-0.3, -0.25) is 9.78 Å². The van der Waals surface area contributed by atoms with Crippen molar-refractivity contribution < 1.29 is 18.8 Å². The summed E-state index contributed by atoms with van der Waals surface area (Å²) in [5, 5.41) is 12.8. The van der Waals surface area contributed by atoms with Gasteiger partial charge in [-0.1, -0.05) is 42.5 Å². The van der Waals surface area contributed by atoms with Crippen LogP contribution in [-0.4, -0.2) is 41.2 Å². The van der Waals surface area contributed by atoms with E-state index in [2.05, 4.69) is 10.3 Å². The summed E-state index contributed by atoms with van der Waals surface area (Å²) in [6.07, 6.45) is 3.87. The number of nitrogens with zero attached hydrogens (tertiary/aromatic N) is 3. The summed E-state index contributed by atoms with van der Waals surface area (Å²) in [5.74, 6) is -0.829. The molecule has 3 heterocycles. The number of pyridine rings is 2. The minimum Gasteiger partial charge on any atom is -0.597 e. The summed E-state index contributed by atoms with van der Waals surface area (Å²) < 4.78 is 29.2. The Morgan fingerprint density at radius 1 is 1.10 bits per heavy atom. The number of hydrogen-bond donors (Lipinski definition) is 2. The maximum Gasteiger partial charge on any atom is 0.270 e. The van der Waals surface area contributed by atoms with Gasteiger partial charge >= 0.3 is 0 Å². The Bertz CT molecular complexity index is 1540. The van der Waals surface area contributed by atoms with Crippen LogP contribution in [0.3, 0.4) is 0 Å². The molecule has 5 rings (SSSR count). The second-order valence-electron chi connectivity index (χ2n) is 11.0. The first kappa shape index (κ1) is 28.9. The zero-order valence-corrected chi connectivity index (χ0v) is 24.1. The van der Waals surface area contributed by atoms with E-state index in [4.69, 9.17) is 4.98 Å². The molecule has 2 aromatic carbocycles. The minimum absolute atomic E-state index is 0.0173. The number of aliphatic hydroxyl groups excluding tert-OH is 1. The Hall–Kier alpha value is -3.63. The summed E-state index contributed by atoms with van der Waals surface area (Å²) in [4.78, 5) is 22.4. The van der Waals surface area contributed by atoms with Crippen LogP contribution in [0.5, 0.6) is 0 Å². The number of carbonyl (C=O) groups excluding carboxylic acids is 1. The molecule has 41 heavy (non-hydrogen) atoms. The molecular weight excluding hydrogens is 539 g/mol. The van der Waals surface area contributed by atoms with Crippen LogP contribution in [-0.2, 0) is 24.5 Å². The van der Waals surface area contributed by atoms with Crippen LogP contribution in [0.1, 0.15) is 60.4 Å². The highest BCUT2D eigenvalue weighted by Crippen LogP contribution is 2.45. The first-order valence-electron chi connectivity index (χ1n) is 13.5. The van der Waals surface area contributed by atoms with E-state index in [0.29, 0.717) is 24.2 Å². The van der Waals surface area contributed by atoms with Crippen molar-refractivity contribution in [2.75, 3.05) is 6.61 Å². The average Bonchev–Trinajstić information content (AvgIpc) is 3.34. The molecule has 7 nitrogen and oxygen atoms in total. The molecule has 1 amide bonds. The summed E-state index contributed by atoms with van der Waals surface area (Å²) in [5.41, 5.74) is 5.50. The average molecular weight is 573 g/mol. The number of nitrogens with one attached hydrogen (secondary N) is 1. The van der Waals surface area contributed by atoms with Crippen molar-refractivity contribution in [2.45, 2.75) is 51.1 Å². The van der Waals surface area contributed by atoms with Crippen LogP contribution in [0.15, 0.2) is 79.1 Å². The molecule has 9 heteroatoms. The molecule has 1 unspecified atom stereocenters. The molecule has 0 saturated carbocycles. The number of hydrogen-bond acceptors (Lipinski definition) is 6. The largest absolute Gasteiger partial charge is 0.597 e. The van der Waals surface area contributed by atoms with Gasteiger partial charge in [0, 0.05) is 59.2 Å². The van der Waals surface area contributed by atoms with Crippen LogP contribution in [0.4, 0.5) is 4.39 Å². The Labute approximate surface area is 242 Å². The Morgan fingerprint density at radius 3 is 2.56 bits per heavy atom. The van der Waals surface area contributed by atoms with Crippen molar-refractivity contribution in [3.8, 4) is 22.4 Å². The molecule has 0 fully saturated rings. The molecule has 1 aliphatic heterocycles. The van der Waals surface area contributed by atoms with Crippen LogP contribution >= 0.6 is 0 Å². The molecule has 212 valence electrons. The summed E-state index contributed by atoms with van der Waals surface area (Å²) in [7, 11) is 0. The first-order chi connectivity index (χ1) is 19.7. The Kier molecular flexibility index (Phi) is 8.51. The second-order valence-corrected chi connectivity index (χ2v) is 13.2. The first-order valence-corrected chi connectivity index (χ1v) is 14.6. The van der Waals surface area contributed by atoms with Gasteiger partial charge in [0.05, 0.1) is 18.3 Å². The monoisotopic (exact) mass is 572 g/mol. The smallest absolute Gasteiger partial charge is 0.270 e. The number of aliphatic hydroxyl groups is 1. The van der Waals surface area contributed by atoms with Gasteiger partial charge in [-0.2, -0.15) is 0 Å². The number of amides is 1. The number of fused-ring (bicyclic) bond motifs is 1. The second kappa shape index (κ2) is 12.1. The lowest BCUT2D eigenvalue weighted by molar-refractivity contribution is 0.0945. The van der Waals surface area contributed by atoms with Gasteiger partial charge in [0.2, 0.25) is 0 Å². The molecule has 2 atom stereocenters. The van der Waals surface area contributed by atoms with E-state index in [9.17, 15) is 18.8 Å². The lowest BCUT2D eigenvalue weighted by Gasteiger charge is -2.33. The fraction of sp³-hybridized carbons (Fsp3) is 0.281. The van der Waals surface area contributed by atoms with Gasteiger partial charge in [-0.25, -0.2) is 9.37 Å². The minimum atomic E-state index is -1.37. The van der Waals surface area contributed by atoms with E-state index in [-0.39, 0.29) is 24.9 Å². The molecule has 0 saturated heterocycles. The summed E-state index contributed by atoms with van der Waals surface area (Å²) in [6.45, 7) is 6.02. The van der Waals surface area contributed by atoms with E-state index >= 15 is 0 Å². The molecule has 2 aromatic heterocycles. The molecule has 0 aliphatic carbocycles. The van der Waals surface area contributed by atoms with Gasteiger partial charge in [0.1, 0.15) is 16.3 Å². The zero-order chi connectivity index (χ0) is 29.1. The predicted molar refractivity (Wildman–Crippen MR) is 158 cm³/mol. The number of halogens is 1. The van der Waals surface area contributed by atoms with E-state index in [1.807, 2.05) is 61.5 Å². The third kappa shape index (κ3) is 6.18. The van der Waals surface area contributed by atoms with Crippen molar-refractivity contribution in [3.05, 3.63) is 107 Å². The van der Waals surface area contributed by atoms with E-state index < -0.39 is 27.8 Å². The summed E-state index contributed by atoms with van der Waals surface area (Å²) >= 11 is -1.37. The van der Waals surface area contributed by atoms with E-state index in [0.717, 1.165) is 27.8 Å².